The molecule has 9 heteroatoms. The van der Waals surface area contributed by atoms with Gasteiger partial charge in [0.25, 0.3) is 0 Å². The lowest BCUT2D eigenvalue weighted by Gasteiger charge is -2.12. The van der Waals surface area contributed by atoms with Crippen LogP contribution in [0.15, 0.2) is 10.6 Å². The van der Waals surface area contributed by atoms with E-state index in [9.17, 15) is 13.2 Å². The summed E-state index contributed by atoms with van der Waals surface area (Å²) in [5.74, 6) is -1.35. The first-order chi connectivity index (χ1) is 8.34. The number of hydrogen-bond acceptors (Lipinski definition) is 6. The number of carboxylic acid groups (broad SMARTS) is 1. The van der Waals surface area contributed by atoms with Crippen molar-refractivity contribution >= 4 is 16.0 Å². The third-order valence-corrected chi connectivity index (χ3v) is 3.37. The van der Waals surface area contributed by atoms with Gasteiger partial charge in [-0.2, -0.15) is 0 Å². The van der Waals surface area contributed by atoms with E-state index in [-0.39, 0.29) is 12.1 Å². The predicted molar refractivity (Wildman–Crippen MR) is 60.1 cm³/mol. The van der Waals surface area contributed by atoms with Gasteiger partial charge in [-0.25, -0.2) is 13.1 Å². The fraction of sp³-hybridized carbons (Fsp3) is 0.556. The molecule has 0 bridgehead atoms. The average molecular weight is 278 g/mol. The Balaban J connectivity index is 2.71. The highest BCUT2D eigenvalue weighted by molar-refractivity contribution is 7.88. The molecule has 18 heavy (non-hydrogen) atoms. The van der Waals surface area contributed by atoms with Crippen LogP contribution >= 0.6 is 0 Å². The van der Waals surface area contributed by atoms with Crippen molar-refractivity contribution in [2.75, 3.05) is 6.61 Å². The minimum Gasteiger partial charge on any atom is -0.480 e. The van der Waals surface area contributed by atoms with Gasteiger partial charge in [-0.05, 0) is 13.3 Å². The molecule has 0 aliphatic rings. The summed E-state index contributed by atoms with van der Waals surface area (Å²) in [5, 5.41) is 20.9. The van der Waals surface area contributed by atoms with Crippen molar-refractivity contribution in [3.63, 3.8) is 0 Å². The van der Waals surface area contributed by atoms with E-state index in [0.29, 0.717) is 5.76 Å². The number of aliphatic hydroxyl groups excluding tert-OH is 1. The first-order valence-electron chi connectivity index (χ1n) is 5.10. The summed E-state index contributed by atoms with van der Waals surface area (Å²) >= 11 is 0. The van der Waals surface area contributed by atoms with Crippen LogP contribution in [0.5, 0.6) is 0 Å². The Hall–Kier alpha value is -1.45. The molecule has 0 saturated carbocycles. The predicted octanol–water partition coefficient (Wildman–Crippen LogP) is -0.762. The first-order valence-corrected chi connectivity index (χ1v) is 6.75. The van der Waals surface area contributed by atoms with Crippen molar-refractivity contribution in [2.45, 2.75) is 25.1 Å². The summed E-state index contributed by atoms with van der Waals surface area (Å²) in [6, 6.07) is 0.0918. The molecule has 0 amide bonds. The molecule has 0 spiro atoms. The smallest absolute Gasteiger partial charge is 0.321 e. The van der Waals surface area contributed by atoms with Crippen molar-refractivity contribution < 1.29 is 27.9 Å². The number of sulfonamides is 1. The maximum Gasteiger partial charge on any atom is 0.321 e. The molecule has 0 aliphatic heterocycles. The number of nitrogens with zero attached hydrogens (tertiary/aromatic N) is 1. The number of hydrogen-bond donors (Lipinski definition) is 3. The van der Waals surface area contributed by atoms with Crippen LogP contribution < -0.4 is 4.72 Å². The Kier molecular flexibility index (Phi) is 4.82. The third kappa shape index (κ3) is 4.43. The van der Waals surface area contributed by atoms with E-state index in [2.05, 4.69) is 5.16 Å². The highest BCUT2D eigenvalue weighted by Gasteiger charge is 2.24. The summed E-state index contributed by atoms with van der Waals surface area (Å²) in [6.45, 7) is 1.19. The lowest BCUT2D eigenvalue weighted by atomic mass is 10.2. The van der Waals surface area contributed by atoms with Gasteiger partial charge in [0.1, 0.15) is 23.2 Å². The Morgan fingerprint density at radius 3 is 2.72 bits per heavy atom. The molecular formula is C9H14N2O6S. The zero-order valence-electron chi connectivity index (χ0n) is 9.66. The number of carbonyl (C=O) groups is 1. The minimum atomic E-state index is -3.85. The molecule has 1 rings (SSSR count). The SMILES string of the molecule is Cc1cc(CS(=O)(=O)N[C@H](CCO)C(=O)O)no1. The summed E-state index contributed by atoms with van der Waals surface area (Å²) in [5.41, 5.74) is 0.188. The maximum atomic E-state index is 11.7. The van der Waals surface area contributed by atoms with E-state index < -0.39 is 34.4 Å². The molecule has 0 aromatic carbocycles. The quantitative estimate of drug-likeness (QED) is 0.597. The van der Waals surface area contributed by atoms with Gasteiger partial charge in [-0.3, -0.25) is 4.79 Å². The summed E-state index contributed by atoms with van der Waals surface area (Å²) in [6.07, 6.45) is -0.202. The van der Waals surface area contributed by atoms with Gasteiger partial charge in [0.2, 0.25) is 10.0 Å². The Morgan fingerprint density at radius 1 is 1.61 bits per heavy atom. The second kappa shape index (κ2) is 5.94. The van der Waals surface area contributed by atoms with Crippen molar-refractivity contribution in [1.29, 1.82) is 0 Å². The van der Waals surface area contributed by atoms with Crippen LogP contribution in [-0.4, -0.2) is 42.4 Å². The van der Waals surface area contributed by atoms with Crippen molar-refractivity contribution in [3.8, 4) is 0 Å². The van der Waals surface area contributed by atoms with Gasteiger partial charge < -0.3 is 14.7 Å². The number of rotatable bonds is 7. The van der Waals surface area contributed by atoms with Crippen LogP contribution in [0.1, 0.15) is 17.9 Å². The van der Waals surface area contributed by atoms with Crippen LogP contribution in [0.3, 0.4) is 0 Å². The van der Waals surface area contributed by atoms with Crippen molar-refractivity contribution in [3.05, 3.63) is 17.5 Å². The third-order valence-electron chi connectivity index (χ3n) is 2.05. The molecule has 0 radical (unpaired) electrons. The van der Waals surface area contributed by atoms with Crippen molar-refractivity contribution in [1.82, 2.24) is 9.88 Å². The van der Waals surface area contributed by atoms with Crippen LogP contribution in [-0.2, 0) is 20.6 Å². The Labute approximate surface area is 104 Å². The van der Waals surface area contributed by atoms with Gasteiger partial charge >= 0.3 is 5.97 Å². The first kappa shape index (κ1) is 14.6. The van der Waals surface area contributed by atoms with E-state index in [1.54, 1.807) is 6.92 Å². The van der Waals surface area contributed by atoms with E-state index in [4.69, 9.17) is 14.7 Å². The molecule has 3 N–H and O–H groups in total. The molecule has 0 saturated heterocycles. The molecule has 0 unspecified atom stereocenters. The number of aryl methyl sites for hydroxylation is 1. The van der Waals surface area contributed by atoms with Gasteiger partial charge in [0.15, 0.2) is 0 Å². The van der Waals surface area contributed by atoms with Crippen LogP contribution in [0, 0.1) is 6.92 Å². The Bertz CT molecular complexity index is 509. The van der Waals surface area contributed by atoms with E-state index in [0.717, 1.165) is 0 Å². The van der Waals surface area contributed by atoms with Crippen LogP contribution in [0.4, 0.5) is 0 Å². The van der Waals surface area contributed by atoms with Gasteiger partial charge in [0.05, 0.1) is 0 Å². The lowest BCUT2D eigenvalue weighted by molar-refractivity contribution is -0.139. The summed E-state index contributed by atoms with van der Waals surface area (Å²) < 4.78 is 30.0. The fourth-order valence-electron chi connectivity index (χ4n) is 1.30. The van der Waals surface area contributed by atoms with Crippen molar-refractivity contribution in [2.24, 2.45) is 0 Å². The highest BCUT2D eigenvalue weighted by atomic mass is 32.2. The number of aromatic nitrogens is 1. The van der Waals surface area contributed by atoms with Gasteiger partial charge in [-0.15, -0.1) is 0 Å². The molecule has 1 atom stereocenters. The molecule has 0 fully saturated rings. The van der Waals surface area contributed by atoms with Gasteiger partial charge in [0, 0.05) is 12.7 Å². The molecule has 1 aromatic heterocycles. The summed E-state index contributed by atoms with van der Waals surface area (Å²) in [4.78, 5) is 10.8. The number of nitrogens with one attached hydrogen (secondary N) is 1. The van der Waals surface area contributed by atoms with Gasteiger partial charge in [-0.1, -0.05) is 5.16 Å². The highest BCUT2D eigenvalue weighted by Crippen LogP contribution is 2.07. The Morgan fingerprint density at radius 2 is 2.28 bits per heavy atom. The van der Waals surface area contributed by atoms with Crippen LogP contribution in [0.25, 0.3) is 0 Å². The zero-order chi connectivity index (χ0) is 13.8. The second-order valence-electron chi connectivity index (χ2n) is 3.71. The molecule has 0 aliphatic carbocycles. The topological polar surface area (TPSA) is 130 Å². The number of aliphatic carboxylic acids is 1. The zero-order valence-corrected chi connectivity index (χ0v) is 10.5. The molecule has 1 aromatic rings. The van der Waals surface area contributed by atoms with E-state index >= 15 is 0 Å². The lowest BCUT2D eigenvalue weighted by Crippen LogP contribution is -2.41. The minimum absolute atomic E-state index is 0.188. The van der Waals surface area contributed by atoms with Crippen LogP contribution in [0.2, 0.25) is 0 Å². The largest absolute Gasteiger partial charge is 0.480 e. The standard InChI is InChI=1S/C9H14N2O6S/c1-6-4-7(10-17-6)5-18(15,16)11-8(2-3-12)9(13)14/h4,8,11-12H,2-3,5H2,1H3,(H,13,14)/t8-/m1/s1. The second-order valence-corrected chi connectivity index (χ2v) is 5.46. The molecule has 102 valence electrons. The summed E-state index contributed by atoms with van der Waals surface area (Å²) in [7, 11) is -3.85. The number of aliphatic hydroxyl groups is 1. The molecular weight excluding hydrogens is 264 g/mol. The maximum absolute atomic E-state index is 11.7. The normalized spacial score (nSPS) is 13.4. The molecule has 1 heterocycles. The molecule has 8 nitrogen and oxygen atoms in total. The van der Waals surface area contributed by atoms with E-state index in [1.165, 1.54) is 6.07 Å². The van der Waals surface area contributed by atoms with E-state index in [1.807, 2.05) is 4.72 Å². The monoisotopic (exact) mass is 278 g/mol. The average Bonchev–Trinajstić information content (AvgIpc) is 2.62. The fourth-order valence-corrected chi connectivity index (χ4v) is 2.56. The number of carboxylic acids is 1.